The zero-order valence-electron chi connectivity index (χ0n) is 7.90. The molecule has 0 aromatic heterocycles. The van der Waals surface area contributed by atoms with Crippen molar-refractivity contribution in [3.8, 4) is 0 Å². The minimum atomic E-state index is -4.49. The third-order valence-corrected chi connectivity index (χ3v) is 2.64. The maximum absolute atomic E-state index is 11.9. The first-order valence-corrected chi connectivity index (χ1v) is 4.70. The van der Waals surface area contributed by atoms with Gasteiger partial charge >= 0.3 is 6.18 Å². The second kappa shape index (κ2) is 3.77. The Morgan fingerprint density at radius 2 is 1.62 bits per heavy atom. The van der Waals surface area contributed by atoms with Crippen molar-refractivity contribution in [2.45, 2.75) is 38.6 Å². The summed E-state index contributed by atoms with van der Waals surface area (Å²) in [4.78, 5) is 0. The number of alkyl halides is 3. The van der Waals surface area contributed by atoms with Gasteiger partial charge < -0.3 is 0 Å². The monoisotopic (exact) mass is 215 g/mol. The van der Waals surface area contributed by atoms with Gasteiger partial charge in [0, 0.05) is 0 Å². The maximum atomic E-state index is 11.9. The predicted octanol–water partition coefficient (Wildman–Crippen LogP) is 2.47. The fourth-order valence-corrected chi connectivity index (χ4v) is 0.939. The lowest BCUT2D eigenvalue weighted by Crippen LogP contribution is -2.25. The number of halogens is 3. The molecule has 0 rings (SSSR count). The second-order valence-corrected chi connectivity index (χ2v) is 5.44. The molecule has 0 heterocycles. The first kappa shape index (κ1) is 12.6. The molecule has 0 bridgehead atoms. The lowest BCUT2D eigenvalue weighted by atomic mass is 10.3. The Kier molecular flexibility index (Phi) is 3.66. The van der Waals surface area contributed by atoms with E-state index in [0.717, 1.165) is 6.92 Å². The molecular formula is C7H12F3NOS. The summed E-state index contributed by atoms with van der Waals surface area (Å²) in [5, 5.41) is 0. The van der Waals surface area contributed by atoms with Gasteiger partial charge in [0.2, 0.25) is 0 Å². The fourth-order valence-electron chi connectivity index (χ4n) is 0.313. The molecule has 0 saturated heterocycles. The van der Waals surface area contributed by atoms with Crippen LogP contribution in [0.25, 0.3) is 0 Å². The summed E-state index contributed by atoms with van der Waals surface area (Å²) >= 11 is 0. The van der Waals surface area contributed by atoms with E-state index >= 15 is 0 Å². The molecule has 6 heteroatoms. The predicted molar refractivity (Wildman–Crippen MR) is 47.1 cm³/mol. The van der Waals surface area contributed by atoms with Gasteiger partial charge in [-0.1, -0.05) is 0 Å². The number of hydrogen-bond donors (Lipinski definition) is 0. The van der Waals surface area contributed by atoms with Crippen LogP contribution in [0, 0.1) is 0 Å². The highest BCUT2D eigenvalue weighted by molar-refractivity contribution is 7.85. The Bertz CT molecular complexity index is 239. The lowest BCUT2D eigenvalue weighted by molar-refractivity contribution is -0.0589. The molecule has 0 fully saturated rings. The zero-order valence-corrected chi connectivity index (χ0v) is 8.71. The van der Waals surface area contributed by atoms with Gasteiger partial charge in [-0.2, -0.15) is 17.6 Å². The molecule has 0 saturated carbocycles. The molecule has 0 aliphatic rings. The largest absolute Gasteiger partial charge is 0.429 e. The van der Waals surface area contributed by atoms with Crippen molar-refractivity contribution >= 4 is 16.7 Å². The molecular weight excluding hydrogens is 203 g/mol. The van der Waals surface area contributed by atoms with Crippen LogP contribution < -0.4 is 0 Å². The highest BCUT2D eigenvalue weighted by atomic mass is 32.2. The van der Waals surface area contributed by atoms with Crippen LogP contribution in [-0.2, 0) is 11.0 Å². The van der Waals surface area contributed by atoms with Crippen molar-refractivity contribution in [3.05, 3.63) is 0 Å². The Labute approximate surface area is 77.8 Å². The van der Waals surface area contributed by atoms with Crippen molar-refractivity contribution in [3.63, 3.8) is 0 Å². The van der Waals surface area contributed by atoms with Crippen molar-refractivity contribution in [1.29, 1.82) is 0 Å². The van der Waals surface area contributed by atoms with Crippen molar-refractivity contribution in [2.75, 3.05) is 0 Å². The summed E-state index contributed by atoms with van der Waals surface area (Å²) in [6.45, 7) is 5.51. The second-order valence-electron chi connectivity index (χ2n) is 3.54. The highest BCUT2D eigenvalue weighted by Gasteiger charge is 2.33. The van der Waals surface area contributed by atoms with Gasteiger partial charge in [0.1, 0.15) is 16.7 Å². The van der Waals surface area contributed by atoms with Crippen molar-refractivity contribution in [2.24, 2.45) is 4.40 Å². The van der Waals surface area contributed by atoms with E-state index in [1.54, 1.807) is 20.8 Å². The van der Waals surface area contributed by atoms with Gasteiger partial charge in [-0.3, -0.25) is 0 Å². The normalized spacial score (nSPS) is 17.3. The van der Waals surface area contributed by atoms with E-state index in [1.165, 1.54) is 0 Å². The number of rotatable bonds is 1. The third kappa shape index (κ3) is 4.40. The molecule has 0 aliphatic carbocycles. The van der Waals surface area contributed by atoms with Crippen LogP contribution in [0.1, 0.15) is 27.7 Å². The van der Waals surface area contributed by atoms with Crippen LogP contribution in [0.3, 0.4) is 0 Å². The molecule has 13 heavy (non-hydrogen) atoms. The molecule has 78 valence electrons. The smallest absolute Gasteiger partial charge is 0.234 e. The van der Waals surface area contributed by atoms with Crippen LogP contribution in [0.4, 0.5) is 13.2 Å². The maximum Gasteiger partial charge on any atom is 0.429 e. The number of nitrogens with zero attached hydrogens (tertiary/aromatic N) is 1. The Balaban J connectivity index is 4.70. The molecule has 0 N–H and O–H groups in total. The van der Waals surface area contributed by atoms with Gasteiger partial charge in [-0.15, -0.1) is 0 Å². The summed E-state index contributed by atoms with van der Waals surface area (Å²) in [5.41, 5.74) is -1.05. The zero-order chi connectivity index (χ0) is 10.9. The van der Waals surface area contributed by atoms with Crippen LogP contribution in [0.5, 0.6) is 0 Å². The molecule has 0 aliphatic heterocycles. The van der Waals surface area contributed by atoms with Crippen LogP contribution in [0.2, 0.25) is 0 Å². The summed E-state index contributed by atoms with van der Waals surface area (Å²) in [7, 11) is -1.85. The van der Waals surface area contributed by atoms with E-state index in [1.807, 2.05) is 0 Å². The van der Waals surface area contributed by atoms with Crippen molar-refractivity contribution < 1.29 is 17.4 Å². The molecule has 0 aromatic rings. The van der Waals surface area contributed by atoms with Crippen molar-refractivity contribution in [1.82, 2.24) is 0 Å². The van der Waals surface area contributed by atoms with E-state index < -0.39 is 27.6 Å². The average molecular weight is 215 g/mol. The van der Waals surface area contributed by atoms with Crippen LogP contribution in [0.15, 0.2) is 4.40 Å². The highest BCUT2D eigenvalue weighted by Crippen LogP contribution is 2.20. The SMILES string of the molecule is C/C(=N\S(=O)C(C)(C)C)C(F)(F)F. The quantitative estimate of drug-likeness (QED) is 0.618. The third-order valence-electron chi connectivity index (χ3n) is 1.15. The van der Waals surface area contributed by atoms with Crippen LogP contribution in [-0.4, -0.2) is 20.8 Å². The summed E-state index contributed by atoms with van der Waals surface area (Å²) in [5.74, 6) is 0. The Hall–Kier alpha value is -0.390. The summed E-state index contributed by atoms with van der Waals surface area (Å²) < 4.78 is 49.3. The van der Waals surface area contributed by atoms with Gasteiger partial charge in [0.25, 0.3) is 0 Å². The summed E-state index contributed by atoms with van der Waals surface area (Å²) in [6, 6.07) is 0. The molecule has 0 radical (unpaired) electrons. The molecule has 0 aromatic carbocycles. The van der Waals surface area contributed by atoms with E-state index in [9.17, 15) is 17.4 Å². The average Bonchev–Trinajstić information content (AvgIpc) is 1.82. The fraction of sp³-hybridized carbons (Fsp3) is 0.857. The van der Waals surface area contributed by atoms with E-state index in [2.05, 4.69) is 4.40 Å². The van der Waals surface area contributed by atoms with Gasteiger partial charge in [0.05, 0.1) is 4.75 Å². The first-order chi connectivity index (χ1) is 5.55. The standard InChI is InChI=1S/C7H12F3NOS/c1-5(7(8,9)10)11-13(12)6(2,3)4/h1-4H3/b11-5+. The summed E-state index contributed by atoms with van der Waals surface area (Å²) in [6.07, 6.45) is -4.49. The molecule has 0 spiro atoms. The van der Waals surface area contributed by atoms with Gasteiger partial charge in [0.15, 0.2) is 0 Å². The van der Waals surface area contributed by atoms with E-state index in [-0.39, 0.29) is 0 Å². The van der Waals surface area contributed by atoms with Gasteiger partial charge in [-0.05, 0) is 27.7 Å². The van der Waals surface area contributed by atoms with Gasteiger partial charge in [-0.25, -0.2) is 4.21 Å². The lowest BCUT2D eigenvalue weighted by Gasteiger charge is -2.14. The molecule has 1 atom stereocenters. The Morgan fingerprint density at radius 3 is 1.85 bits per heavy atom. The first-order valence-electron chi connectivity index (χ1n) is 3.59. The van der Waals surface area contributed by atoms with Crippen LogP contribution >= 0.6 is 0 Å². The molecule has 2 nitrogen and oxygen atoms in total. The van der Waals surface area contributed by atoms with E-state index in [0.29, 0.717) is 0 Å². The topological polar surface area (TPSA) is 29.4 Å². The minimum Gasteiger partial charge on any atom is -0.234 e. The minimum absolute atomic E-state index is 0.757. The Morgan fingerprint density at radius 1 is 1.23 bits per heavy atom. The molecule has 0 amide bonds. The van der Waals surface area contributed by atoms with E-state index in [4.69, 9.17) is 0 Å². The number of hydrogen-bond acceptors (Lipinski definition) is 1. The molecule has 1 unspecified atom stereocenters.